The second-order valence-corrected chi connectivity index (χ2v) is 7.31. The highest BCUT2D eigenvalue weighted by Gasteiger charge is 2.30. The number of halogens is 3. The van der Waals surface area contributed by atoms with E-state index in [1.54, 1.807) is 13.0 Å². The van der Waals surface area contributed by atoms with Crippen molar-refractivity contribution in [2.45, 2.75) is 26.1 Å². The minimum Gasteiger partial charge on any atom is -0.378 e. The predicted octanol–water partition coefficient (Wildman–Crippen LogP) is 4.36. The van der Waals surface area contributed by atoms with E-state index in [1.165, 1.54) is 6.07 Å². The van der Waals surface area contributed by atoms with Crippen LogP contribution in [0.1, 0.15) is 29.8 Å². The molecule has 1 unspecified atom stereocenters. The van der Waals surface area contributed by atoms with Crippen LogP contribution in [0.5, 0.6) is 0 Å². The quantitative estimate of drug-likeness (QED) is 0.681. The van der Waals surface area contributed by atoms with Gasteiger partial charge in [0, 0.05) is 18.5 Å². The Morgan fingerprint density at radius 1 is 1.13 bits per heavy atom. The van der Waals surface area contributed by atoms with Crippen LogP contribution < -0.4 is 10.2 Å². The molecule has 1 aliphatic heterocycles. The average molecular weight is 417 g/mol. The fourth-order valence-corrected chi connectivity index (χ4v) is 3.52. The minimum absolute atomic E-state index is 0.403. The van der Waals surface area contributed by atoms with Gasteiger partial charge in [-0.1, -0.05) is 12.1 Å². The van der Waals surface area contributed by atoms with Gasteiger partial charge in [-0.25, -0.2) is 0 Å². The van der Waals surface area contributed by atoms with Crippen molar-refractivity contribution in [2.75, 3.05) is 36.5 Å². The molecule has 158 valence electrons. The van der Waals surface area contributed by atoms with Crippen LogP contribution in [0.2, 0.25) is 0 Å². The summed E-state index contributed by atoms with van der Waals surface area (Å²) >= 11 is 0. The summed E-state index contributed by atoms with van der Waals surface area (Å²) in [5.41, 5.74) is 2.19. The molecule has 1 atom stereocenters. The molecular weight excluding hydrogens is 395 g/mol. The lowest BCUT2D eigenvalue weighted by molar-refractivity contribution is -0.137. The molecule has 1 aromatic carbocycles. The van der Waals surface area contributed by atoms with E-state index < -0.39 is 17.8 Å². The lowest BCUT2D eigenvalue weighted by Gasteiger charge is -2.28. The highest BCUT2D eigenvalue weighted by molar-refractivity contribution is 5.92. The van der Waals surface area contributed by atoms with Gasteiger partial charge in [-0.2, -0.15) is 18.3 Å². The van der Waals surface area contributed by atoms with Crippen molar-refractivity contribution in [2.24, 2.45) is 0 Å². The smallest absolute Gasteiger partial charge is 0.378 e. The van der Waals surface area contributed by atoms with E-state index in [1.807, 2.05) is 19.2 Å². The summed E-state index contributed by atoms with van der Waals surface area (Å²) in [6, 6.07) is 6.88. The molecule has 0 spiro atoms. The number of hydrogen-bond donors (Lipinski definition) is 1. The molecule has 1 saturated heterocycles. The number of morpholine rings is 1. The van der Waals surface area contributed by atoms with Gasteiger partial charge >= 0.3 is 6.18 Å². The van der Waals surface area contributed by atoms with Crippen molar-refractivity contribution in [3.8, 4) is 0 Å². The van der Waals surface area contributed by atoms with Crippen molar-refractivity contribution in [3.63, 3.8) is 0 Å². The van der Waals surface area contributed by atoms with E-state index in [4.69, 9.17) is 4.74 Å². The maximum absolute atomic E-state index is 13.1. The first kappa shape index (κ1) is 20.3. The Morgan fingerprint density at radius 2 is 1.90 bits per heavy atom. The van der Waals surface area contributed by atoms with E-state index in [0.29, 0.717) is 35.8 Å². The topological polar surface area (TPSA) is 63.2 Å². The highest BCUT2D eigenvalue weighted by atomic mass is 19.4. The molecule has 1 aliphatic rings. The lowest BCUT2D eigenvalue weighted by atomic mass is 10.0. The van der Waals surface area contributed by atoms with Gasteiger partial charge < -0.3 is 15.0 Å². The van der Waals surface area contributed by atoms with Crippen LogP contribution in [0.3, 0.4) is 0 Å². The zero-order valence-electron chi connectivity index (χ0n) is 16.7. The third kappa shape index (κ3) is 4.16. The number of fused-ring (bicyclic) bond motifs is 1. The Morgan fingerprint density at radius 3 is 2.63 bits per heavy atom. The van der Waals surface area contributed by atoms with Gasteiger partial charge in [-0.05, 0) is 37.6 Å². The van der Waals surface area contributed by atoms with Gasteiger partial charge in [0.05, 0.1) is 47.9 Å². The second-order valence-electron chi connectivity index (χ2n) is 7.31. The zero-order chi connectivity index (χ0) is 21.3. The molecule has 1 N–H and O–H groups in total. The van der Waals surface area contributed by atoms with Gasteiger partial charge in [-0.3, -0.25) is 4.98 Å². The summed E-state index contributed by atoms with van der Waals surface area (Å²) < 4.78 is 44.6. The van der Waals surface area contributed by atoms with E-state index >= 15 is 0 Å². The molecule has 0 radical (unpaired) electrons. The summed E-state index contributed by atoms with van der Waals surface area (Å²) in [5, 5.41) is 12.4. The third-order valence-electron chi connectivity index (χ3n) is 5.21. The molecule has 3 aromatic rings. The number of aryl methyl sites for hydroxylation is 1. The summed E-state index contributed by atoms with van der Waals surface area (Å²) in [4.78, 5) is 6.76. The predicted molar refractivity (Wildman–Crippen MR) is 109 cm³/mol. The number of ether oxygens (including phenoxy) is 1. The van der Waals surface area contributed by atoms with Crippen LogP contribution in [0.25, 0.3) is 10.9 Å². The maximum Gasteiger partial charge on any atom is 0.416 e. The normalized spacial score (nSPS) is 16.0. The first-order valence-corrected chi connectivity index (χ1v) is 9.72. The Labute approximate surface area is 172 Å². The number of anilines is 2. The molecule has 6 nitrogen and oxygen atoms in total. The SMILES string of the molecule is Cc1nnc(NC(C)c2cccc(C(F)(F)F)c2)c2cc(N3CCOCC3)cnc12. The minimum atomic E-state index is -4.39. The molecule has 0 saturated carbocycles. The summed E-state index contributed by atoms with van der Waals surface area (Å²) in [7, 11) is 0. The molecule has 0 aliphatic carbocycles. The number of nitrogens with zero attached hydrogens (tertiary/aromatic N) is 4. The monoisotopic (exact) mass is 417 g/mol. The fourth-order valence-electron chi connectivity index (χ4n) is 3.52. The Hall–Kier alpha value is -2.94. The van der Waals surface area contributed by atoms with Crippen LogP contribution in [0, 0.1) is 6.92 Å². The number of rotatable bonds is 4. The number of alkyl halides is 3. The Kier molecular flexibility index (Phi) is 5.46. The molecular formula is C21H22F3N5O. The van der Waals surface area contributed by atoms with Gasteiger partial charge in [0.2, 0.25) is 0 Å². The van der Waals surface area contributed by atoms with Crippen LogP contribution in [-0.4, -0.2) is 41.5 Å². The molecule has 3 heterocycles. The Bertz CT molecular complexity index is 1050. The maximum atomic E-state index is 13.1. The van der Waals surface area contributed by atoms with Crippen LogP contribution >= 0.6 is 0 Å². The first-order valence-electron chi connectivity index (χ1n) is 9.72. The van der Waals surface area contributed by atoms with Gasteiger partial charge in [0.25, 0.3) is 0 Å². The second kappa shape index (κ2) is 8.06. The van der Waals surface area contributed by atoms with Crippen molar-refractivity contribution >= 4 is 22.4 Å². The molecule has 0 bridgehead atoms. The molecule has 2 aromatic heterocycles. The van der Waals surface area contributed by atoms with Gasteiger partial charge in [-0.15, -0.1) is 5.10 Å². The lowest BCUT2D eigenvalue weighted by Crippen LogP contribution is -2.36. The number of nitrogens with one attached hydrogen (secondary N) is 1. The van der Waals surface area contributed by atoms with Crippen molar-refractivity contribution < 1.29 is 17.9 Å². The average Bonchev–Trinajstić information content (AvgIpc) is 2.75. The summed E-state index contributed by atoms with van der Waals surface area (Å²) in [6.45, 7) is 6.48. The fraction of sp³-hybridized carbons (Fsp3) is 0.381. The Balaban J connectivity index is 1.67. The number of aromatic nitrogens is 3. The van der Waals surface area contributed by atoms with Crippen LogP contribution in [0.15, 0.2) is 36.5 Å². The zero-order valence-corrected chi connectivity index (χ0v) is 16.7. The third-order valence-corrected chi connectivity index (χ3v) is 5.21. The highest BCUT2D eigenvalue weighted by Crippen LogP contribution is 2.32. The van der Waals surface area contributed by atoms with Crippen LogP contribution in [0.4, 0.5) is 24.7 Å². The molecule has 1 fully saturated rings. The van der Waals surface area contributed by atoms with Gasteiger partial charge in [0.15, 0.2) is 5.82 Å². The number of benzene rings is 1. The largest absolute Gasteiger partial charge is 0.416 e. The van der Waals surface area contributed by atoms with Crippen LogP contribution in [-0.2, 0) is 10.9 Å². The summed E-state index contributed by atoms with van der Waals surface area (Å²) in [5.74, 6) is 0.489. The van der Waals surface area contributed by atoms with Crippen molar-refractivity contribution in [3.05, 3.63) is 53.3 Å². The van der Waals surface area contributed by atoms with E-state index in [9.17, 15) is 13.2 Å². The van der Waals surface area contributed by atoms with E-state index in [0.717, 1.165) is 36.3 Å². The molecule has 0 amide bonds. The molecule has 9 heteroatoms. The van der Waals surface area contributed by atoms with E-state index in [2.05, 4.69) is 25.4 Å². The molecule has 4 rings (SSSR count). The van der Waals surface area contributed by atoms with Crippen molar-refractivity contribution in [1.29, 1.82) is 0 Å². The van der Waals surface area contributed by atoms with E-state index in [-0.39, 0.29) is 0 Å². The number of hydrogen-bond acceptors (Lipinski definition) is 6. The standard InChI is InChI=1S/C21H22F3N5O/c1-13(15-4-3-5-16(10-15)21(22,23)24)26-20-18-11-17(29-6-8-30-9-7-29)12-25-19(18)14(2)27-28-20/h3-5,10-13H,6-9H2,1-2H3,(H,26,28). The van der Waals surface area contributed by atoms with Crippen molar-refractivity contribution in [1.82, 2.24) is 15.2 Å². The van der Waals surface area contributed by atoms with Gasteiger partial charge in [0.1, 0.15) is 0 Å². The first-order chi connectivity index (χ1) is 14.3. The summed E-state index contributed by atoms with van der Waals surface area (Å²) in [6.07, 6.45) is -2.58. The number of pyridine rings is 1. The molecule has 30 heavy (non-hydrogen) atoms.